The van der Waals surface area contributed by atoms with Crippen molar-refractivity contribution < 1.29 is 8.42 Å². The van der Waals surface area contributed by atoms with Crippen molar-refractivity contribution in [3.05, 3.63) is 74.1 Å². The molecule has 0 aliphatic carbocycles. The number of sulfonamides is 1. The third kappa shape index (κ3) is 4.22. The van der Waals surface area contributed by atoms with Gasteiger partial charge in [-0.1, -0.05) is 37.0 Å². The quantitative estimate of drug-likeness (QED) is 0.607. The molecule has 0 saturated heterocycles. The lowest BCUT2D eigenvalue weighted by Gasteiger charge is -2.11. The van der Waals surface area contributed by atoms with Gasteiger partial charge >= 0.3 is 0 Å². The lowest BCUT2D eigenvalue weighted by atomic mass is 10.0. The molecule has 0 saturated carbocycles. The maximum atomic E-state index is 12.8. The van der Waals surface area contributed by atoms with Crippen LogP contribution in [0.1, 0.15) is 31.0 Å². The molecule has 154 valence electrons. The van der Waals surface area contributed by atoms with Crippen molar-refractivity contribution >= 4 is 38.9 Å². The maximum Gasteiger partial charge on any atom is 0.275 e. The van der Waals surface area contributed by atoms with E-state index in [1.807, 2.05) is 20.8 Å². The molecule has 29 heavy (non-hydrogen) atoms. The molecule has 1 heterocycles. The third-order valence-corrected chi connectivity index (χ3v) is 6.52. The summed E-state index contributed by atoms with van der Waals surface area (Å²) in [4.78, 5) is 12.9. The molecule has 0 unspecified atom stereocenters. The monoisotopic (exact) mass is 453 g/mol. The van der Waals surface area contributed by atoms with Gasteiger partial charge in [-0.25, -0.2) is 13.1 Å². The first-order valence-corrected chi connectivity index (χ1v) is 11.1. The Hall–Kier alpha value is -2.22. The summed E-state index contributed by atoms with van der Waals surface area (Å²) in [5.74, 6) is 0.0864. The van der Waals surface area contributed by atoms with Gasteiger partial charge in [0.05, 0.1) is 16.3 Å². The number of hydrogen-bond donors (Lipinski definition) is 1. The van der Waals surface area contributed by atoms with E-state index in [-0.39, 0.29) is 22.1 Å². The van der Waals surface area contributed by atoms with Crippen molar-refractivity contribution in [3.63, 3.8) is 0 Å². The number of hydrogen-bond acceptors (Lipinski definition) is 3. The fourth-order valence-corrected chi connectivity index (χ4v) is 4.84. The predicted octanol–water partition coefficient (Wildman–Crippen LogP) is 4.72. The zero-order valence-corrected chi connectivity index (χ0v) is 18.7. The number of anilines is 1. The summed E-state index contributed by atoms with van der Waals surface area (Å²) in [6.07, 6.45) is 0. The smallest absolute Gasteiger partial charge is 0.275 e. The van der Waals surface area contributed by atoms with Gasteiger partial charge in [-0.05, 0) is 55.3 Å². The molecule has 0 aliphatic heterocycles. The zero-order valence-electron chi connectivity index (χ0n) is 16.4. The van der Waals surface area contributed by atoms with Gasteiger partial charge in [0.25, 0.3) is 15.6 Å². The number of rotatable bonds is 5. The molecule has 1 aromatic heterocycles. The first-order chi connectivity index (χ1) is 13.5. The van der Waals surface area contributed by atoms with Crippen molar-refractivity contribution in [1.29, 1.82) is 0 Å². The molecule has 0 radical (unpaired) electrons. The second-order valence-corrected chi connectivity index (χ2v) is 9.61. The van der Waals surface area contributed by atoms with Crippen LogP contribution in [0.4, 0.5) is 5.69 Å². The predicted molar refractivity (Wildman–Crippen MR) is 117 cm³/mol. The molecular weight excluding hydrogens is 433 g/mol. The highest BCUT2D eigenvalue weighted by Crippen LogP contribution is 2.25. The van der Waals surface area contributed by atoms with E-state index < -0.39 is 10.0 Å². The van der Waals surface area contributed by atoms with E-state index in [9.17, 15) is 13.2 Å². The van der Waals surface area contributed by atoms with Gasteiger partial charge < -0.3 is 0 Å². The van der Waals surface area contributed by atoms with Gasteiger partial charge in [-0.2, -0.15) is 0 Å². The standard InChI is InChI=1S/C20H21Cl2N3O3S/c1-12(2)19-13(3)24(4)25(20(19)26)17-5-7-18(8-6-17)29(27,28)23-16-10-14(21)9-15(22)11-16/h5-12,23H,1-4H3. The minimum atomic E-state index is -3.84. The molecule has 0 amide bonds. The summed E-state index contributed by atoms with van der Waals surface area (Å²) in [7, 11) is -2.04. The Bertz CT molecular complexity index is 1210. The van der Waals surface area contributed by atoms with Gasteiger partial charge in [0.2, 0.25) is 0 Å². The average Bonchev–Trinajstić information content (AvgIpc) is 2.83. The van der Waals surface area contributed by atoms with Crippen LogP contribution in [0, 0.1) is 6.92 Å². The molecule has 6 nitrogen and oxygen atoms in total. The van der Waals surface area contributed by atoms with E-state index in [4.69, 9.17) is 23.2 Å². The number of benzene rings is 2. The van der Waals surface area contributed by atoms with Crippen LogP contribution in [0.3, 0.4) is 0 Å². The molecule has 1 N–H and O–H groups in total. The summed E-state index contributed by atoms with van der Waals surface area (Å²) in [6, 6.07) is 10.6. The Morgan fingerprint density at radius 3 is 2.03 bits per heavy atom. The first-order valence-electron chi connectivity index (χ1n) is 8.89. The highest BCUT2D eigenvalue weighted by Gasteiger charge is 2.20. The van der Waals surface area contributed by atoms with Crippen LogP contribution in [-0.4, -0.2) is 17.8 Å². The molecule has 9 heteroatoms. The summed E-state index contributed by atoms with van der Waals surface area (Å²) in [5.41, 5.74) is 2.35. The van der Waals surface area contributed by atoms with Gasteiger partial charge in [0.15, 0.2) is 0 Å². The lowest BCUT2D eigenvalue weighted by Crippen LogP contribution is -2.21. The second kappa shape index (κ2) is 7.89. The molecule has 2 aromatic carbocycles. The molecule has 3 aromatic rings. The second-order valence-electron chi connectivity index (χ2n) is 7.05. The Balaban J connectivity index is 1.97. The molecule has 0 bridgehead atoms. The minimum Gasteiger partial charge on any atom is -0.285 e. The lowest BCUT2D eigenvalue weighted by molar-refractivity contribution is 0.601. The number of aromatic nitrogens is 2. The van der Waals surface area contributed by atoms with Crippen molar-refractivity contribution in [1.82, 2.24) is 9.36 Å². The van der Waals surface area contributed by atoms with E-state index in [2.05, 4.69) is 4.72 Å². The van der Waals surface area contributed by atoms with E-state index in [0.29, 0.717) is 15.7 Å². The van der Waals surface area contributed by atoms with Crippen LogP contribution in [0.15, 0.2) is 52.2 Å². The molecular formula is C20H21Cl2N3O3S. The van der Waals surface area contributed by atoms with E-state index >= 15 is 0 Å². The van der Waals surface area contributed by atoms with Crippen LogP contribution < -0.4 is 10.3 Å². The number of nitrogens with zero attached hydrogens (tertiary/aromatic N) is 2. The van der Waals surface area contributed by atoms with Crippen molar-refractivity contribution in [3.8, 4) is 5.69 Å². The molecule has 0 spiro atoms. The summed E-state index contributed by atoms with van der Waals surface area (Å²) < 4.78 is 31.1. The van der Waals surface area contributed by atoms with Crippen LogP contribution >= 0.6 is 23.2 Å². The SMILES string of the molecule is Cc1c(C(C)C)c(=O)n(-c2ccc(S(=O)(=O)Nc3cc(Cl)cc(Cl)c3)cc2)n1C. The topological polar surface area (TPSA) is 73.1 Å². The summed E-state index contributed by atoms with van der Waals surface area (Å²) >= 11 is 11.9. The van der Waals surface area contributed by atoms with E-state index in [0.717, 1.165) is 11.3 Å². The van der Waals surface area contributed by atoms with E-state index in [1.165, 1.54) is 35.0 Å². The van der Waals surface area contributed by atoms with E-state index in [1.54, 1.807) is 23.9 Å². The van der Waals surface area contributed by atoms with Crippen LogP contribution in [-0.2, 0) is 17.1 Å². The van der Waals surface area contributed by atoms with Crippen molar-refractivity contribution in [2.45, 2.75) is 31.6 Å². The normalized spacial score (nSPS) is 11.8. The molecule has 0 aliphatic rings. The Morgan fingerprint density at radius 2 is 1.55 bits per heavy atom. The highest BCUT2D eigenvalue weighted by atomic mass is 35.5. The zero-order chi connectivity index (χ0) is 21.5. The summed E-state index contributed by atoms with van der Waals surface area (Å²) in [5, 5.41) is 0.648. The summed E-state index contributed by atoms with van der Waals surface area (Å²) in [6.45, 7) is 5.83. The third-order valence-electron chi connectivity index (χ3n) is 4.68. The number of halogens is 2. The Labute approximate surface area is 179 Å². The maximum absolute atomic E-state index is 12.8. The van der Waals surface area contributed by atoms with Crippen molar-refractivity contribution in [2.24, 2.45) is 7.05 Å². The molecule has 3 rings (SSSR count). The van der Waals surface area contributed by atoms with Crippen molar-refractivity contribution in [2.75, 3.05) is 4.72 Å². The van der Waals surface area contributed by atoms with Crippen LogP contribution in [0.5, 0.6) is 0 Å². The number of nitrogens with one attached hydrogen (secondary N) is 1. The Kier molecular flexibility index (Phi) is 5.85. The van der Waals surface area contributed by atoms with Gasteiger partial charge in [0, 0.05) is 28.4 Å². The minimum absolute atomic E-state index is 0.0559. The fraction of sp³-hybridized carbons (Fsp3) is 0.250. The fourth-order valence-electron chi connectivity index (χ4n) is 3.28. The van der Waals surface area contributed by atoms with Gasteiger partial charge in [0.1, 0.15) is 0 Å². The highest BCUT2D eigenvalue weighted by molar-refractivity contribution is 7.92. The van der Waals surface area contributed by atoms with Gasteiger partial charge in [-0.3, -0.25) is 14.2 Å². The first kappa shape index (κ1) is 21.5. The molecule has 0 atom stereocenters. The Morgan fingerprint density at radius 1 is 1.00 bits per heavy atom. The van der Waals surface area contributed by atoms with Crippen LogP contribution in [0.2, 0.25) is 10.0 Å². The largest absolute Gasteiger partial charge is 0.285 e. The average molecular weight is 454 g/mol. The molecule has 0 fully saturated rings. The van der Waals surface area contributed by atoms with Crippen LogP contribution in [0.25, 0.3) is 5.69 Å². The van der Waals surface area contributed by atoms with Gasteiger partial charge in [-0.15, -0.1) is 0 Å².